The first-order valence-corrected chi connectivity index (χ1v) is 10.7. The first kappa shape index (κ1) is 20.1. The van der Waals surface area contributed by atoms with Gasteiger partial charge in [-0.3, -0.25) is 4.79 Å². The molecule has 2 saturated heterocycles. The standard InChI is InChI=1S/C23H32N4O2/c1-16(2)12-27-15-24-25-21(27)20-13-26(14-23(20)5-7-29-8-6-23)22(28)19-10-17(3)9-18(4)11-19/h9-11,15-16,20H,5-8,12-14H2,1-4H3. The molecule has 2 fully saturated rings. The maximum atomic E-state index is 13.4. The lowest BCUT2D eigenvalue weighted by molar-refractivity contribution is 0.0106. The van der Waals surface area contributed by atoms with Gasteiger partial charge >= 0.3 is 0 Å². The fourth-order valence-electron chi connectivity index (χ4n) is 5.11. The minimum atomic E-state index is 0.0224. The third-order valence-electron chi connectivity index (χ3n) is 6.41. The molecule has 0 N–H and O–H groups in total. The number of carbonyl (C=O) groups excluding carboxylic acids is 1. The maximum absolute atomic E-state index is 13.4. The average Bonchev–Trinajstić information content (AvgIpc) is 3.25. The SMILES string of the molecule is Cc1cc(C)cc(C(=O)N2CC(c3nncn3CC(C)C)C3(CCOCC3)C2)c1. The number of likely N-dealkylation sites (tertiary alicyclic amines) is 1. The molecule has 1 aromatic heterocycles. The summed E-state index contributed by atoms with van der Waals surface area (Å²) in [6.07, 6.45) is 3.77. The van der Waals surface area contributed by atoms with Crippen LogP contribution in [0.5, 0.6) is 0 Å². The molecule has 156 valence electrons. The Morgan fingerprint density at radius 3 is 2.55 bits per heavy atom. The number of aryl methyl sites for hydroxylation is 2. The molecule has 29 heavy (non-hydrogen) atoms. The Labute approximate surface area is 173 Å². The van der Waals surface area contributed by atoms with Crippen LogP contribution in [0, 0.1) is 25.2 Å². The number of hydrogen-bond donors (Lipinski definition) is 0. The second-order valence-electron chi connectivity index (χ2n) is 9.32. The summed E-state index contributed by atoms with van der Waals surface area (Å²) in [6.45, 7) is 12.4. The normalized spacial score (nSPS) is 21.3. The highest BCUT2D eigenvalue weighted by molar-refractivity contribution is 5.95. The fourth-order valence-corrected chi connectivity index (χ4v) is 5.11. The van der Waals surface area contributed by atoms with Gasteiger partial charge in [0.1, 0.15) is 12.2 Å². The lowest BCUT2D eigenvalue weighted by Gasteiger charge is -2.37. The minimum Gasteiger partial charge on any atom is -0.381 e. The van der Waals surface area contributed by atoms with Gasteiger partial charge in [-0.25, -0.2) is 0 Å². The van der Waals surface area contributed by atoms with Crippen LogP contribution in [-0.4, -0.2) is 51.9 Å². The summed E-state index contributed by atoms with van der Waals surface area (Å²) in [4.78, 5) is 15.4. The lowest BCUT2D eigenvalue weighted by atomic mass is 9.71. The summed E-state index contributed by atoms with van der Waals surface area (Å²) >= 11 is 0. The van der Waals surface area contributed by atoms with Gasteiger partial charge in [-0.05, 0) is 44.7 Å². The zero-order valence-corrected chi connectivity index (χ0v) is 18.0. The van der Waals surface area contributed by atoms with Crippen molar-refractivity contribution in [3.05, 3.63) is 47.0 Å². The van der Waals surface area contributed by atoms with Crippen molar-refractivity contribution in [2.24, 2.45) is 11.3 Å². The number of benzene rings is 1. The highest BCUT2D eigenvalue weighted by Crippen LogP contribution is 2.49. The van der Waals surface area contributed by atoms with Gasteiger partial charge < -0.3 is 14.2 Å². The van der Waals surface area contributed by atoms with Gasteiger partial charge in [-0.2, -0.15) is 0 Å². The summed E-state index contributed by atoms with van der Waals surface area (Å²) in [7, 11) is 0. The van der Waals surface area contributed by atoms with Crippen molar-refractivity contribution < 1.29 is 9.53 Å². The Hall–Kier alpha value is -2.21. The maximum Gasteiger partial charge on any atom is 0.253 e. The smallest absolute Gasteiger partial charge is 0.253 e. The van der Waals surface area contributed by atoms with E-state index in [0.717, 1.165) is 61.7 Å². The monoisotopic (exact) mass is 396 g/mol. The summed E-state index contributed by atoms with van der Waals surface area (Å²) in [6, 6.07) is 6.11. The van der Waals surface area contributed by atoms with Crippen LogP contribution in [-0.2, 0) is 11.3 Å². The number of ether oxygens (including phenoxy) is 1. The molecule has 2 aromatic rings. The van der Waals surface area contributed by atoms with Crippen LogP contribution >= 0.6 is 0 Å². The summed E-state index contributed by atoms with van der Waals surface area (Å²) in [5, 5.41) is 8.76. The average molecular weight is 397 g/mol. The van der Waals surface area contributed by atoms with E-state index in [1.807, 2.05) is 37.2 Å². The number of hydrogen-bond acceptors (Lipinski definition) is 4. The number of nitrogens with zero attached hydrogens (tertiary/aromatic N) is 4. The number of aromatic nitrogens is 3. The molecular weight excluding hydrogens is 364 g/mol. The molecule has 6 nitrogen and oxygen atoms in total. The predicted octanol–water partition coefficient (Wildman–Crippen LogP) is 3.59. The molecule has 6 heteroatoms. The molecule has 0 saturated carbocycles. The van der Waals surface area contributed by atoms with Crippen molar-refractivity contribution in [3.63, 3.8) is 0 Å². The topological polar surface area (TPSA) is 60.2 Å². The van der Waals surface area contributed by atoms with Crippen LogP contribution in [0.2, 0.25) is 0 Å². The van der Waals surface area contributed by atoms with Crippen molar-refractivity contribution in [1.82, 2.24) is 19.7 Å². The summed E-state index contributed by atoms with van der Waals surface area (Å²) in [5.74, 6) is 1.86. The van der Waals surface area contributed by atoms with E-state index in [0.29, 0.717) is 12.5 Å². The van der Waals surface area contributed by atoms with Gasteiger partial charge in [-0.15, -0.1) is 10.2 Å². The fraction of sp³-hybridized carbons (Fsp3) is 0.609. The van der Waals surface area contributed by atoms with Crippen LogP contribution in [0.15, 0.2) is 24.5 Å². The zero-order chi connectivity index (χ0) is 20.6. The van der Waals surface area contributed by atoms with E-state index in [9.17, 15) is 4.79 Å². The van der Waals surface area contributed by atoms with E-state index >= 15 is 0 Å². The molecule has 1 atom stereocenters. The van der Waals surface area contributed by atoms with Crippen LogP contribution in [0.25, 0.3) is 0 Å². The molecule has 0 aliphatic carbocycles. The van der Waals surface area contributed by atoms with Crippen molar-refractivity contribution in [1.29, 1.82) is 0 Å². The summed E-state index contributed by atoms with van der Waals surface area (Å²) < 4.78 is 7.87. The molecule has 1 unspecified atom stereocenters. The van der Waals surface area contributed by atoms with Gasteiger partial charge in [-0.1, -0.05) is 31.0 Å². The first-order chi connectivity index (χ1) is 13.9. The highest BCUT2D eigenvalue weighted by Gasteiger charge is 2.51. The minimum absolute atomic E-state index is 0.0224. The molecular formula is C23H32N4O2. The molecule has 0 bridgehead atoms. The second kappa shape index (κ2) is 7.90. The molecule has 0 radical (unpaired) electrons. The van der Waals surface area contributed by atoms with Crippen LogP contribution in [0.1, 0.15) is 59.9 Å². The predicted molar refractivity (Wildman–Crippen MR) is 112 cm³/mol. The van der Waals surface area contributed by atoms with Gasteiger partial charge in [0.05, 0.1) is 0 Å². The highest BCUT2D eigenvalue weighted by atomic mass is 16.5. The lowest BCUT2D eigenvalue weighted by Crippen LogP contribution is -2.38. The van der Waals surface area contributed by atoms with Crippen molar-refractivity contribution in [2.45, 2.75) is 53.0 Å². The Kier molecular flexibility index (Phi) is 5.47. The number of rotatable bonds is 4. The van der Waals surface area contributed by atoms with Crippen molar-refractivity contribution in [3.8, 4) is 0 Å². The molecule has 2 aliphatic heterocycles. The van der Waals surface area contributed by atoms with E-state index in [4.69, 9.17) is 4.74 Å². The number of carbonyl (C=O) groups is 1. The second-order valence-corrected chi connectivity index (χ2v) is 9.32. The Morgan fingerprint density at radius 2 is 1.90 bits per heavy atom. The van der Waals surface area contributed by atoms with E-state index in [1.54, 1.807) is 0 Å². The quantitative estimate of drug-likeness (QED) is 0.792. The Morgan fingerprint density at radius 1 is 1.21 bits per heavy atom. The molecule has 2 aliphatic rings. The zero-order valence-electron chi connectivity index (χ0n) is 18.0. The molecule has 1 aromatic carbocycles. The first-order valence-electron chi connectivity index (χ1n) is 10.7. The van der Waals surface area contributed by atoms with E-state index in [-0.39, 0.29) is 17.2 Å². The van der Waals surface area contributed by atoms with Crippen molar-refractivity contribution in [2.75, 3.05) is 26.3 Å². The van der Waals surface area contributed by atoms with Crippen LogP contribution < -0.4 is 0 Å². The molecule has 1 spiro atoms. The van der Waals surface area contributed by atoms with E-state index in [1.165, 1.54) is 0 Å². The Balaban J connectivity index is 1.66. The molecule has 4 rings (SSSR count). The summed E-state index contributed by atoms with van der Waals surface area (Å²) in [5.41, 5.74) is 3.06. The third-order valence-corrected chi connectivity index (χ3v) is 6.41. The molecule has 3 heterocycles. The third kappa shape index (κ3) is 3.95. The van der Waals surface area contributed by atoms with Gasteiger partial charge in [0.25, 0.3) is 5.91 Å². The molecule has 1 amide bonds. The van der Waals surface area contributed by atoms with E-state index < -0.39 is 0 Å². The van der Waals surface area contributed by atoms with Gasteiger partial charge in [0, 0.05) is 49.7 Å². The number of amides is 1. The van der Waals surface area contributed by atoms with E-state index in [2.05, 4.69) is 34.7 Å². The largest absolute Gasteiger partial charge is 0.381 e. The van der Waals surface area contributed by atoms with Crippen LogP contribution in [0.4, 0.5) is 0 Å². The Bertz CT molecular complexity index is 863. The van der Waals surface area contributed by atoms with Gasteiger partial charge in [0.15, 0.2) is 0 Å². The van der Waals surface area contributed by atoms with Crippen molar-refractivity contribution >= 4 is 5.91 Å². The van der Waals surface area contributed by atoms with Crippen LogP contribution in [0.3, 0.4) is 0 Å². The van der Waals surface area contributed by atoms with Gasteiger partial charge in [0.2, 0.25) is 0 Å².